The Morgan fingerprint density at radius 3 is 2.57 bits per heavy atom. The van der Waals surface area contributed by atoms with Crippen LogP contribution in [0.4, 0.5) is 0 Å². The maximum Gasteiger partial charge on any atom is 0.229 e. The van der Waals surface area contributed by atoms with Crippen LogP contribution in [-0.2, 0) is 6.42 Å². The Balaban J connectivity index is 2.01. The number of hydrogen-bond acceptors (Lipinski definition) is 4. The number of halogens is 1. The molecule has 6 heteroatoms. The van der Waals surface area contributed by atoms with Gasteiger partial charge in [0.25, 0.3) is 0 Å². The molecule has 1 aromatic heterocycles. The number of nitrogens with two attached hydrogens (primary N) is 1. The van der Waals surface area contributed by atoms with E-state index in [1.807, 2.05) is 54.6 Å². The van der Waals surface area contributed by atoms with Gasteiger partial charge in [-0.1, -0.05) is 61.3 Å². The first-order valence-electron chi connectivity index (χ1n) is 9.15. The molecular weight excluding hydrogens is 372 g/mol. The van der Waals surface area contributed by atoms with Crippen molar-refractivity contribution >= 4 is 11.6 Å². The molecule has 1 atom stereocenters. The fourth-order valence-corrected chi connectivity index (χ4v) is 3.84. The van der Waals surface area contributed by atoms with Gasteiger partial charge in [-0.3, -0.25) is 0 Å². The van der Waals surface area contributed by atoms with Gasteiger partial charge in [0.15, 0.2) is 0 Å². The van der Waals surface area contributed by atoms with E-state index in [-0.39, 0.29) is 5.88 Å². The summed E-state index contributed by atoms with van der Waals surface area (Å²) < 4.78 is 7.69. The van der Waals surface area contributed by atoms with E-state index >= 15 is 0 Å². The van der Waals surface area contributed by atoms with Crippen molar-refractivity contribution in [3.63, 3.8) is 0 Å². The highest BCUT2D eigenvalue weighted by atomic mass is 35.5. The highest BCUT2D eigenvalue weighted by Crippen LogP contribution is 2.46. The van der Waals surface area contributed by atoms with Crippen molar-refractivity contribution < 1.29 is 4.74 Å². The summed E-state index contributed by atoms with van der Waals surface area (Å²) in [5, 5.41) is 15.2. The third-order valence-corrected chi connectivity index (χ3v) is 5.17. The molecule has 0 bridgehead atoms. The fourth-order valence-electron chi connectivity index (χ4n) is 3.60. The average Bonchev–Trinajstić information content (AvgIpc) is 3.06. The largest absolute Gasteiger partial charge is 0.422 e. The van der Waals surface area contributed by atoms with Crippen molar-refractivity contribution in [2.24, 2.45) is 5.73 Å². The van der Waals surface area contributed by atoms with Gasteiger partial charge in [0, 0.05) is 5.02 Å². The van der Waals surface area contributed by atoms with Crippen molar-refractivity contribution in [3.05, 3.63) is 87.9 Å². The first-order chi connectivity index (χ1) is 13.7. The fraction of sp³-hybridized carbons (Fsp3) is 0.182. The summed E-state index contributed by atoms with van der Waals surface area (Å²) in [6, 6.07) is 19.5. The van der Waals surface area contributed by atoms with Gasteiger partial charge < -0.3 is 10.5 Å². The minimum Gasteiger partial charge on any atom is -0.422 e. The summed E-state index contributed by atoms with van der Waals surface area (Å²) in [6.07, 6.45) is 1.67. The molecule has 0 fully saturated rings. The number of nitriles is 1. The number of benzene rings is 2. The molecule has 3 aromatic rings. The zero-order valence-corrected chi connectivity index (χ0v) is 16.1. The Morgan fingerprint density at radius 1 is 1.18 bits per heavy atom. The first-order valence-corrected chi connectivity index (χ1v) is 9.52. The molecular formula is C22H19ClN4O. The normalized spacial score (nSPS) is 15.7. The van der Waals surface area contributed by atoms with Gasteiger partial charge in [0.05, 0.1) is 22.9 Å². The van der Waals surface area contributed by atoms with Crippen LogP contribution in [0.25, 0.3) is 5.69 Å². The second-order valence-corrected chi connectivity index (χ2v) is 7.02. The molecule has 2 N–H and O–H groups in total. The van der Waals surface area contributed by atoms with Gasteiger partial charge in [-0.05, 0) is 30.2 Å². The van der Waals surface area contributed by atoms with E-state index in [1.54, 1.807) is 4.68 Å². The molecule has 0 amide bonds. The Labute approximate surface area is 168 Å². The van der Waals surface area contributed by atoms with Crippen molar-refractivity contribution in [3.8, 4) is 17.6 Å². The summed E-state index contributed by atoms with van der Waals surface area (Å²) >= 11 is 6.51. The molecule has 2 aromatic carbocycles. The summed E-state index contributed by atoms with van der Waals surface area (Å²) in [6.45, 7) is 2.09. The SMILES string of the molecule is CCCc1nn(-c2ccccc2)c2c1[C@H](c1ccccc1Cl)C(C#N)=C(N)O2. The summed E-state index contributed by atoms with van der Waals surface area (Å²) in [4.78, 5) is 0. The first kappa shape index (κ1) is 18.1. The van der Waals surface area contributed by atoms with Gasteiger partial charge in [0.1, 0.15) is 11.6 Å². The third-order valence-electron chi connectivity index (χ3n) is 4.83. The molecule has 0 saturated heterocycles. The van der Waals surface area contributed by atoms with Crippen molar-refractivity contribution in [1.29, 1.82) is 5.26 Å². The van der Waals surface area contributed by atoms with Gasteiger partial charge >= 0.3 is 0 Å². The zero-order valence-electron chi connectivity index (χ0n) is 15.4. The number of aromatic nitrogens is 2. The highest BCUT2D eigenvalue weighted by molar-refractivity contribution is 6.31. The lowest BCUT2D eigenvalue weighted by Gasteiger charge is -2.25. The smallest absolute Gasteiger partial charge is 0.229 e. The molecule has 5 nitrogen and oxygen atoms in total. The lowest BCUT2D eigenvalue weighted by Crippen LogP contribution is -2.22. The second kappa shape index (κ2) is 7.41. The van der Waals surface area contributed by atoms with E-state index in [2.05, 4.69) is 13.0 Å². The van der Waals surface area contributed by atoms with Crippen molar-refractivity contribution in [2.75, 3.05) is 0 Å². The number of rotatable bonds is 4. The number of fused-ring (bicyclic) bond motifs is 1. The Kier molecular flexibility index (Phi) is 4.81. The van der Waals surface area contributed by atoms with Gasteiger partial charge in [0.2, 0.25) is 11.8 Å². The average molecular weight is 391 g/mol. The molecule has 1 aliphatic rings. The maximum absolute atomic E-state index is 9.82. The second-order valence-electron chi connectivity index (χ2n) is 6.61. The molecule has 0 unspecified atom stereocenters. The van der Waals surface area contributed by atoms with E-state index in [0.29, 0.717) is 16.5 Å². The molecule has 28 heavy (non-hydrogen) atoms. The minimum atomic E-state index is -0.415. The predicted molar refractivity (Wildman–Crippen MR) is 108 cm³/mol. The molecule has 2 heterocycles. The summed E-state index contributed by atoms with van der Waals surface area (Å²) in [7, 11) is 0. The molecule has 1 aliphatic heterocycles. The predicted octanol–water partition coefficient (Wildman–Crippen LogP) is 4.70. The quantitative estimate of drug-likeness (QED) is 0.700. The van der Waals surface area contributed by atoms with E-state index in [1.165, 1.54) is 0 Å². The van der Waals surface area contributed by atoms with Crippen LogP contribution in [0.2, 0.25) is 5.02 Å². The number of aryl methyl sites for hydroxylation is 1. The lowest BCUT2D eigenvalue weighted by molar-refractivity contribution is 0.367. The Morgan fingerprint density at radius 2 is 1.89 bits per heavy atom. The van der Waals surface area contributed by atoms with Crippen molar-refractivity contribution in [1.82, 2.24) is 9.78 Å². The number of allylic oxidation sites excluding steroid dienone is 1. The molecule has 4 rings (SSSR count). The van der Waals surface area contributed by atoms with Gasteiger partial charge in [-0.15, -0.1) is 0 Å². The molecule has 0 spiro atoms. The van der Waals surface area contributed by atoms with Crippen LogP contribution in [0, 0.1) is 11.3 Å². The number of ether oxygens (including phenoxy) is 1. The van der Waals surface area contributed by atoms with E-state index in [4.69, 9.17) is 27.2 Å². The van der Waals surface area contributed by atoms with E-state index in [0.717, 1.165) is 35.3 Å². The van der Waals surface area contributed by atoms with E-state index < -0.39 is 5.92 Å². The summed E-state index contributed by atoms with van der Waals surface area (Å²) in [5.74, 6) is 0.206. The molecule has 0 radical (unpaired) electrons. The highest BCUT2D eigenvalue weighted by Gasteiger charge is 2.37. The minimum absolute atomic E-state index is 0.0834. The van der Waals surface area contributed by atoms with Crippen LogP contribution >= 0.6 is 11.6 Å². The molecule has 140 valence electrons. The van der Waals surface area contributed by atoms with Crippen LogP contribution in [0.15, 0.2) is 66.1 Å². The monoisotopic (exact) mass is 390 g/mol. The standard InChI is InChI=1S/C22H19ClN4O/c1-2-8-18-20-19(15-11-6-7-12-17(15)23)16(13-24)21(25)28-22(20)27(26-18)14-9-4-3-5-10-14/h3-7,9-12,19H,2,8,25H2,1H3/t19-/m1/s1. The maximum atomic E-state index is 9.82. The number of nitrogens with zero attached hydrogens (tertiary/aromatic N) is 3. The Bertz CT molecular complexity index is 1100. The zero-order chi connectivity index (χ0) is 19.7. The Hall–Kier alpha value is -3.23. The molecule has 0 aliphatic carbocycles. The third kappa shape index (κ3) is 2.92. The van der Waals surface area contributed by atoms with Gasteiger partial charge in [-0.2, -0.15) is 10.4 Å². The van der Waals surface area contributed by atoms with Crippen molar-refractivity contribution in [2.45, 2.75) is 25.7 Å². The lowest BCUT2D eigenvalue weighted by atomic mass is 9.83. The van der Waals surface area contributed by atoms with Crippen LogP contribution < -0.4 is 10.5 Å². The van der Waals surface area contributed by atoms with Crippen LogP contribution in [0.5, 0.6) is 5.88 Å². The van der Waals surface area contributed by atoms with Crippen LogP contribution in [0.3, 0.4) is 0 Å². The number of hydrogen-bond donors (Lipinski definition) is 1. The number of para-hydroxylation sites is 1. The summed E-state index contributed by atoms with van der Waals surface area (Å²) in [5.41, 5.74) is 9.93. The van der Waals surface area contributed by atoms with Crippen LogP contribution in [-0.4, -0.2) is 9.78 Å². The topological polar surface area (TPSA) is 76.9 Å². The van der Waals surface area contributed by atoms with E-state index in [9.17, 15) is 5.26 Å². The van der Waals surface area contributed by atoms with Crippen LogP contribution in [0.1, 0.15) is 36.1 Å². The van der Waals surface area contributed by atoms with Gasteiger partial charge in [-0.25, -0.2) is 4.68 Å². The molecule has 0 saturated carbocycles.